The lowest BCUT2D eigenvalue weighted by molar-refractivity contribution is -0.130. The quantitative estimate of drug-likeness (QED) is 0.302. The molecule has 3 aromatic carbocycles. The fourth-order valence-corrected chi connectivity index (χ4v) is 4.79. The lowest BCUT2D eigenvalue weighted by Gasteiger charge is -2.17. The third-order valence-corrected chi connectivity index (χ3v) is 6.63. The fraction of sp³-hybridized carbons (Fsp3) is 0.267. The largest absolute Gasteiger partial charge is 0.497 e. The predicted octanol–water partition coefficient (Wildman–Crippen LogP) is 5.17. The third-order valence-electron chi connectivity index (χ3n) is 6.63. The molecular formula is C30H30O7. The molecule has 192 valence electrons. The van der Waals surface area contributed by atoms with Crippen LogP contribution in [0.15, 0.2) is 60.2 Å². The molecule has 0 amide bonds. The van der Waals surface area contributed by atoms with E-state index in [1.54, 1.807) is 49.6 Å². The van der Waals surface area contributed by atoms with Gasteiger partial charge in [0.2, 0.25) is 5.75 Å². The molecule has 0 fully saturated rings. The molecule has 1 aliphatic rings. The highest BCUT2D eigenvalue weighted by atomic mass is 16.5. The first-order valence-electron chi connectivity index (χ1n) is 12.0. The Bertz CT molecular complexity index is 1330. The topological polar surface area (TPSA) is 91.3 Å². The van der Waals surface area contributed by atoms with Gasteiger partial charge >= 0.3 is 5.97 Å². The van der Waals surface area contributed by atoms with Crippen LogP contribution in [0.5, 0.6) is 23.0 Å². The number of carbonyl (C=O) groups is 2. The second kappa shape index (κ2) is 11.2. The van der Waals surface area contributed by atoms with Crippen molar-refractivity contribution in [1.82, 2.24) is 0 Å². The molecule has 1 N–H and O–H groups in total. The molecule has 0 unspecified atom stereocenters. The zero-order valence-corrected chi connectivity index (χ0v) is 21.4. The average molecular weight is 503 g/mol. The number of carboxylic acids is 1. The van der Waals surface area contributed by atoms with E-state index in [0.29, 0.717) is 39.7 Å². The zero-order chi connectivity index (χ0) is 26.5. The van der Waals surface area contributed by atoms with Crippen molar-refractivity contribution in [1.29, 1.82) is 0 Å². The Balaban J connectivity index is 1.90. The van der Waals surface area contributed by atoms with Crippen molar-refractivity contribution < 1.29 is 33.6 Å². The number of carboxylic acid groups (broad SMARTS) is 1. The van der Waals surface area contributed by atoms with Gasteiger partial charge in [0.1, 0.15) is 5.75 Å². The minimum Gasteiger partial charge on any atom is -0.497 e. The maximum Gasteiger partial charge on any atom is 0.336 e. The molecule has 0 saturated carbocycles. The molecule has 0 aliphatic heterocycles. The molecule has 7 heteroatoms. The van der Waals surface area contributed by atoms with Crippen LogP contribution < -0.4 is 18.9 Å². The van der Waals surface area contributed by atoms with Gasteiger partial charge in [-0.3, -0.25) is 4.79 Å². The number of allylic oxidation sites excluding steroid dienone is 1. The normalized spacial score (nSPS) is 12.9. The number of aliphatic carboxylic acids is 1. The number of hydrogen-bond acceptors (Lipinski definition) is 6. The van der Waals surface area contributed by atoms with Crippen LogP contribution in [0.25, 0.3) is 5.57 Å². The summed E-state index contributed by atoms with van der Waals surface area (Å²) in [5, 5.41) is 10.4. The van der Waals surface area contributed by atoms with E-state index < -0.39 is 5.97 Å². The Morgan fingerprint density at radius 1 is 0.757 bits per heavy atom. The van der Waals surface area contributed by atoms with Crippen molar-refractivity contribution in [2.24, 2.45) is 0 Å². The first-order valence-corrected chi connectivity index (χ1v) is 12.0. The number of hydrogen-bond donors (Lipinski definition) is 1. The van der Waals surface area contributed by atoms with Crippen LogP contribution in [0, 0.1) is 0 Å². The van der Waals surface area contributed by atoms with Crippen molar-refractivity contribution in [2.45, 2.75) is 25.7 Å². The molecule has 0 bridgehead atoms. The molecule has 0 spiro atoms. The van der Waals surface area contributed by atoms with E-state index in [2.05, 4.69) is 0 Å². The van der Waals surface area contributed by atoms with Gasteiger partial charge < -0.3 is 24.1 Å². The first-order chi connectivity index (χ1) is 17.9. The minimum atomic E-state index is -1.16. The van der Waals surface area contributed by atoms with Gasteiger partial charge in [0, 0.05) is 17.6 Å². The van der Waals surface area contributed by atoms with Gasteiger partial charge in [0.25, 0.3) is 0 Å². The van der Waals surface area contributed by atoms with Crippen molar-refractivity contribution in [2.75, 3.05) is 28.4 Å². The molecule has 7 nitrogen and oxygen atoms in total. The minimum absolute atomic E-state index is 0.0238. The summed E-state index contributed by atoms with van der Waals surface area (Å²) in [5.74, 6) is 0.309. The Hall–Kier alpha value is -4.26. The molecule has 1 aliphatic carbocycles. The van der Waals surface area contributed by atoms with Crippen LogP contribution in [0.3, 0.4) is 0 Å². The van der Waals surface area contributed by atoms with E-state index in [1.165, 1.54) is 26.9 Å². The second-order valence-corrected chi connectivity index (χ2v) is 8.76. The van der Waals surface area contributed by atoms with E-state index in [0.717, 1.165) is 24.8 Å². The number of benzene rings is 3. The Morgan fingerprint density at radius 2 is 1.38 bits per heavy atom. The van der Waals surface area contributed by atoms with Crippen molar-refractivity contribution in [3.8, 4) is 23.0 Å². The molecule has 0 heterocycles. The van der Waals surface area contributed by atoms with Crippen molar-refractivity contribution >= 4 is 17.3 Å². The van der Waals surface area contributed by atoms with Crippen LogP contribution >= 0.6 is 0 Å². The molecule has 4 rings (SSSR count). The standard InChI is InChI=1S/C30H30O7/c1-34-23-12-10-20(11-13-23)28(31)24(14-18-15-25(35-2)29(37-4)26(16-18)36-3)27(30(32)33)22-9-8-19-6-5-7-21(19)17-22/h8-13,15-17H,5-7,14H2,1-4H3,(H,32,33)/b27-24+. The SMILES string of the molecule is COc1ccc(C(=O)/C(Cc2cc(OC)c(OC)c(OC)c2)=C(/C(=O)O)c2ccc3c(c2)CCC3)cc1. The monoisotopic (exact) mass is 502 g/mol. The molecule has 0 radical (unpaired) electrons. The highest BCUT2D eigenvalue weighted by Gasteiger charge is 2.26. The molecule has 3 aromatic rings. The summed E-state index contributed by atoms with van der Waals surface area (Å²) in [6, 6.07) is 15.8. The Morgan fingerprint density at radius 3 is 1.95 bits per heavy atom. The summed E-state index contributed by atoms with van der Waals surface area (Å²) >= 11 is 0. The smallest absolute Gasteiger partial charge is 0.336 e. The van der Waals surface area contributed by atoms with E-state index in [-0.39, 0.29) is 23.4 Å². The van der Waals surface area contributed by atoms with Gasteiger partial charge in [-0.25, -0.2) is 4.79 Å². The number of methoxy groups -OCH3 is 4. The third kappa shape index (κ3) is 5.31. The van der Waals surface area contributed by atoms with E-state index in [9.17, 15) is 14.7 Å². The number of ketones is 1. The molecule has 0 saturated heterocycles. The van der Waals surface area contributed by atoms with Crippen LogP contribution in [0.4, 0.5) is 0 Å². The van der Waals surface area contributed by atoms with Gasteiger partial charge in [-0.15, -0.1) is 0 Å². The average Bonchev–Trinajstić information content (AvgIpc) is 3.39. The van der Waals surface area contributed by atoms with Crippen LogP contribution in [0.1, 0.15) is 39.0 Å². The Kier molecular flexibility index (Phi) is 7.82. The number of fused-ring (bicyclic) bond motifs is 1. The summed E-state index contributed by atoms with van der Waals surface area (Å²) in [4.78, 5) is 26.6. The first kappa shape index (κ1) is 25.8. The van der Waals surface area contributed by atoms with Crippen molar-refractivity contribution in [3.63, 3.8) is 0 Å². The number of rotatable bonds is 10. The maximum absolute atomic E-state index is 13.9. The number of ether oxygens (including phenoxy) is 4. The van der Waals surface area contributed by atoms with Gasteiger partial charge in [0.15, 0.2) is 17.3 Å². The van der Waals surface area contributed by atoms with Gasteiger partial charge in [0.05, 0.1) is 34.0 Å². The molecule has 0 atom stereocenters. The molecule has 0 aromatic heterocycles. The lowest BCUT2D eigenvalue weighted by Crippen LogP contribution is -2.14. The summed E-state index contributed by atoms with van der Waals surface area (Å²) in [6.07, 6.45) is 2.95. The summed E-state index contributed by atoms with van der Waals surface area (Å²) in [7, 11) is 6.07. The highest BCUT2D eigenvalue weighted by molar-refractivity contribution is 6.26. The van der Waals surface area contributed by atoms with Gasteiger partial charge in [-0.2, -0.15) is 0 Å². The molecule has 37 heavy (non-hydrogen) atoms. The second-order valence-electron chi connectivity index (χ2n) is 8.76. The van der Waals surface area contributed by atoms with Gasteiger partial charge in [-0.05, 0) is 77.9 Å². The molecular weight excluding hydrogens is 472 g/mol. The summed E-state index contributed by atoms with van der Waals surface area (Å²) in [5.41, 5.74) is 4.00. The van der Waals surface area contributed by atoms with E-state index in [1.807, 2.05) is 12.1 Å². The van der Waals surface area contributed by atoms with Crippen LogP contribution in [0.2, 0.25) is 0 Å². The Labute approximate surface area is 216 Å². The van der Waals surface area contributed by atoms with Crippen LogP contribution in [-0.4, -0.2) is 45.3 Å². The van der Waals surface area contributed by atoms with E-state index >= 15 is 0 Å². The fourth-order valence-electron chi connectivity index (χ4n) is 4.79. The maximum atomic E-state index is 13.9. The van der Waals surface area contributed by atoms with Gasteiger partial charge in [-0.1, -0.05) is 18.2 Å². The number of aryl methyl sites for hydroxylation is 2. The van der Waals surface area contributed by atoms with E-state index in [4.69, 9.17) is 18.9 Å². The lowest BCUT2D eigenvalue weighted by atomic mass is 9.88. The summed E-state index contributed by atoms with van der Waals surface area (Å²) in [6.45, 7) is 0. The predicted molar refractivity (Wildman–Crippen MR) is 140 cm³/mol. The summed E-state index contributed by atoms with van der Waals surface area (Å²) < 4.78 is 21.6. The van der Waals surface area contributed by atoms with Crippen LogP contribution in [-0.2, 0) is 24.1 Å². The zero-order valence-electron chi connectivity index (χ0n) is 21.4. The van der Waals surface area contributed by atoms with Crippen molar-refractivity contribution in [3.05, 3.63) is 88.0 Å². The highest BCUT2D eigenvalue weighted by Crippen LogP contribution is 2.39. The number of Topliss-reactive ketones (excluding diaryl/α,β-unsaturated/α-hetero) is 1. The number of carbonyl (C=O) groups excluding carboxylic acids is 1.